The summed E-state index contributed by atoms with van der Waals surface area (Å²) in [5.74, 6) is -1.08. The zero-order valence-corrected chi connectivity index (χ0v) is 22.5. The van der Waals surface area contributed by atoms with Crippen LogP contribution < -0.4 is 0 Å². The predicted octanol–water partition coefficient (Wildman–Crippen LogP) is 6.65. The first-order valence-corrected chi connectivity index (χ1v) is 14.4. The minimum Gasteiger partial charge on any atom is -0.478 e. The van der Waals surface area contributed by atoms with Gasteiger partial charge in [0.05, 0.1) is 11.3 Å². The van der Waals surface area contributed by atoms with Crippen LogP contribution >= 0.6 is 0 Å². The Morgan fingerprint density at radius 3 is 1.93 bits per heavy atom. The molecule has 6 nitrogen and oxygen atoms in total. The van der Waals surface area contributed by atoms with Crippen LogP contribution in [0.4, 0.5) is 0 Å². The highest BCUT2D eigenvalue weighted by molar-refractivity contribution is 7.88. The molecule has 0 bridgehead atoms. The Labute approximate surface area is 234 Å². The van der Waals surface area contributed by atoms with E-state index in [0.29, 0.717) is 5.56 Å². The molecule has 40 heavy (non-hydrogen) atoms. The van der Waals surface area contributed by atoms with Crippen LogP contribution in [0.2, 0.25) is 0 Å². The number of benzene rings is 4. The first kappa shape index (κ1) is 27.0. The monoisotopic (exact) mass is 548 g/mol. The molecule has 0 unspecified atom stereocenters. The van der Waals surface area contributed by atoms with Crippen molar-refractivity contribution in [1.29, 1.82) is 0 Å². The van der Waals surface area contributed by atoms with Gasteiger partial charge in [-0.25, -0.2) is 13.2 Å². The van der Waals surface area contributed by atoms with Gasteiger partial charge in [-0.15, -0.1) is 0 Å². The van der Waals surface area contributed by atoms with E-state index in [1.807, 2.05) is 97.1 Å². The Bertz CT molecular complexity index is 1710. The summed E-state index contributed by atoms with van der Waals surface area (Å²) >= 11 is 0. The van der Waals surface area contributed by atoms with Gasteiger partial charge in [0.2, 0.25) is 10.0 Å². The van der Waals surface area contributed by atoms with Crippen molar-refractivity contribution in [3.63, 3.8) is 0 Å². The largest absolute Gasteiger partial charge is 0.478 e. The average Bonchev–Trinajstić information content (AvgIpc) is 2.98. The lowest BCUT2D eigenvalue weighted by molar-refractivity contribution is 0.0697. The summed E-state index contributed by atoms with van der Waals surface area (Å²) in [6.45, 7) is 0.410. The van der Waals surface area contributed by atoms with Crippen LogP contribution in [-0.4, -0.2) is 28.8 Å². The fourth-order valence-electron chi connectivity index (χ4n) is 4.69. The molecule has 5 aromatic rings. The lowest BCUT2D eigenvalue weighted by Gasteiger charge is -2.23. The minimum atomic E-state index is -3.64. The normalized spacial score (nSPS) is 11.4. The molecule has 7 heteroatoms. The van der Waals surface area contributed by atoms with Crippen LogP contribution in [-0.2, 0) is 28.9 Å². The molecule has 0 aliphatic rings. The highest BCUT2D eigenvalue weighted by Crippen LogP contribution is 2.34. The SMILES string of the molecule is O=C(O)c1ccccc1-c1ccccc1-c1ccc(CN(Cc2cccnc2)S(=O)(=O)Cc2ccccc2)cc1. The molecule has 0 amide bonds. The third-order valence-electron chi connectivity index (χ3n) is 6.67. The third kappa shape index (κ3) is 6.34. The second-order valence-corrected chi connectivity index (χ2v) is 11.4. The summed E-state index contributed by atoms with van der Waals surface area (Å²) in [4.78, 5) is 16.0. The molecule has 0 saturated carbocycles. The number of nitrogens with zero attached hydrogens (tertiary/aromatic N) is 2. The van der Waals surface area contributed by atoms with Crippen LogP contribution in [0.25, 0.3) is 22.3 Å². The number of aromatic nitrogens is 1. The molecular weight excluding hydrogens is 520 g/mol. The summed E-state index contributed by atoms with van der Waals surface area (Å²) in [6.07, 6.45) is 3.35. The van der Waals surface area contributed by atoms with Crippen molar-refractivity contribution in [2.24, 2.45) is 0 Å². The molecule has 1 aromatic heterocycles. The van der Waals surface area contributed by atoms with Gasteiger partial charge in [0, 0.05) is 25.5 Å². The molecule has 1 heterocycles. The van der Waals surface area contributed by atoms with E-state index in [2.05, 4.69) is 4.98 Å². The van der Waals surface area contributed by atoms with E-state index in [1.165, 1.54) is 4.31 Å². The zero-order chi connectivity index (χ0) is 28.0. The first-order chi connectivity index (χ1) is 19.4. The Morgan fingerprint density at radius 2 is 1.25 bits per heavy atom. The number of pyridine rings is 1. The number of sulfonamides is 1. The van der Waals surface area contributed by atoms with E-state index in [9.17, 15) is 18.3 Å². The van der Waals surface area contributed by atoms with Crippen molar-refractivity contribution in [3.05, 3.63) is 150 Å². The Balaban J connectivity index is 1.44. The summed E-state index contributed by atoms with van der Waals surface area (Å²) in [7, 11) is -3.64. The average molecular weight is 549 g/mol. The van der Waals surface area contributed by atoms with Crippen molar-refractivity contribution in [3.8, 4) is 22.3 Å². The minimum absolute atomic E-state index is 0.0947. The van der Waals surface area contributed by atoms with E-state index >= 15 is 0 Å². The van der Waals surface area contributed by atoms with E-state index in [-0.39, 0.29) is 24.4 Å². The number of carbonyl (C=O) groups is 1. The highest BCUT2D eigenvalue weighted by Gasteiger charge is 2.23. The molecule has 1 N–H and O–H groups in total. The smallest absolute Gasteiger partial charge is 0.336 e. The van der Waals surface area contributed by atoms with Crippen molar-refractivity contribution in [1.82, 2.24) is 9.29 Å². The summed E-state index contributed by atoms with van der Waals surface area (Å²) in [5, 5.41) is 9.72. The van der Waals surface area contributed by atoms with Gasteiger partial charge in [-0.2, -0.15) is 4.31 Å². The second-order valence-electron chi connectivity index (χ2n) is 9.46. The molecule has 0 radical (unpaired) electrons. The molecule has 0 spiro atoms. The van der Waals surface area contributed by atoms with Crippen LogP contribution in [0.1, 0.15) is 27.0 Å². The van der Waals surface area contributed by atoms with Crippen molar-refractivity contribution in [2.75, 3.05) is 0 Å². The number of rotatable bonds is 10. The van der Waals surface area contributed by atoms with Gasteiger partial charge in [0.15, 0.2) is 0 Å². The van der Waals surface area contributed by atoms with Crippen LogP contribution in [0, 0.1) is 0 Å². The molecule has 4 aromatic carbocycles. The van der Waals surface area contributed by atoms with Crippen molar-refractivity contribution < 1.29 is 18.3 Å². The molecule has 0 aliphatic carbocycles. The van der Waals surface area contributed by atoms with Gasteiger partial charge in [0.1, 0.15) is 0 Å². The maximum absolute atomic E-state index is 13.5. The van der Waals surface area contributed by atoms with Gasteiger partial charge >= 0.3 is 5.97 Å². The number of carboxylic acids is 1. The van der Waals surface area contributed by atoms with Gasteiger partial charge < -0.3 is 5.11 Å². The first-order valence-electron chi connectivity index (χ1n) is 12.8. The van der Waals surface area contributed by atoms with Crippen LogP contribution in [0.3, 0.4) is 0 Å². The fourth-order valence-corrected chi connectivity index (χ4v) is 6.18. The molecule has 5 rings (SSSR count). The maximum atomic E-state index is 13.5. The number of aromatic carboxylic acids is 1. The van der Waals surface area contributed by atoms with Gasteiger partial charge in [-0.3, -0.25) is 4.98 Å². The van der Waals surface area contributed by atoms with Crippen molar-refractivity contribution >= 4 is 16.0 Å². The number of hydrogen-bond acceptors (Lipinski definition) is 4. The topological polar surface area (TPSA) is 87.6 Å². The Kier molecular flexibility index (Phi) is 8.15. The molecule has 0 fully saturated rings. The predicted molar refractivity (Wildman–Crippen MR) is 157 cm³/mol. The Hall–Kier alpha value is -4.59. The third-order valence-corrected chi connectivity index (χ3v) is 8.41. The highest BCUT2D eigenvalue weighted by atomic mass is 32.2. The second kappa shape index (κ2) is 12.1. The standard InChI is InChI=1S/C33H28N2O4S/c36-33(37)32-15-7-6-14-31(32)30-13-5-4-12-29(30)28-18-16-25(17-19-28)22-35(23-27-11-8-20-34-21-27)40(38,39)24-26-9-2-1-3-10-26/h1-21H,22-24H2,(H,36,37). The van der Waals surface area contributed by atoms with Gasteiger partial charge in [-0.05, 0) is 51.1 Å². The lowest BCUT2D eigenvalue weighted by Crippen LogP contribution is -2.31. The number of hydrogen-bond donors (Lipinski definition) is 1. The van der Waals surface area contributed by atoms with E-state index in [0.717, 1.165) is 33.4 Å². The molecular formula is C33H28N2O4S. The molecule has 200 valence electrons. The summed E-state index contributed by atoms with van der Waals surface area (Å²) in [6, 6.07) is 35.2. The Morgan fingerprint density at radius 1 is 0.650 bits per heavy atom. The van der Waals surface area contributed by atoms with Crippen LogP contribution in [0.5, 0.6) is 0 Å². The van der Waals surface area contributed by atoms with Crippen LogP contribution in [0.15, 0.2) is 128 Å². The van der Waals surface area contributed by atoms with E-state index < -0.39 is 16.0 Å². The lowest BCUT2D eigenvalue weighted by atomic mass is 9.91. The maximum Gasteiger partial charge on any atom is 0.336 e. The summed E-state index contributed by atoms with van der Waals surface area (Å²) < 4.78 is 28.6. The van der Waals surface area contributed by atoms with Gasteiger partial charge in [0.25, 0.3) is 0 Å². The summed E-state index contributed by atoms with van der Waals surface area (Å²) in [5.41, 5.74) is 5.88. The van der Waals surface area contributed by atoms with Crippen molar-refractivity contribution in [2.45, 2.75) is 18.8 Å². The van der Waals surface area contributed by atoms with Gasteiger partial charge in [-0.1, -0.05) is 103 Å². The fraction of sp³-hybridized carbons (Fsp3) is 0.0909. The molecule has 0 saturated heterocycles. The quantitative estimate of drug-likeness (QED) is 0.211. The molecule has 0 aliphatic heterocycles. The molecule has 0 atom stereocenters. The zero-order valence-electron chi connectivity index (χ0n) is 21.7. The number of carboxylic acid groups (broad SMARTS) is 1. The van der Waals surface area contributed by atoms with E-state index in [1.54, 1.807) is 30.6 Å². The van der Waals surface area contributed by atoms with E-state index in [4.69, 9.17) is 0 Å².